The molecule has 0 aliphatic rings. The van der Waals surface area contributed by atoms with E-state index >= 15 is 0 Å². The van der Waals surface area contributed by atoms with Gasteiger partial charge in [-0.2, -0.15) is 18.4 Å². The van der Waals surface area contributed by atoms with Crippen molar-refractivity contribution in [1.82, 2.24) is 9.55 Å². The molecule has 0 radical (unpaired) electrons. The van der Waals surface area contributed by atoms with Gasteiger partial charge in [0.15, 0.2) is 5.69 Å². The Balaban J connectivity index is 2.49. The Morgan fingerprint density at radius 1 is 1.26 bits per heavy atom. The molecule has 0 N–H and O–H groups in total. The number of nitrogens with zero attached hydrogens (tertiary/aromatic N) is 3. The number of imidazole rings is 1. The summed E-state index contributed by atoms with van der Waals surface area (Å²) in [7, 11) is 0. The average Bonchev–Trinajstić information content (AvgIpc) is 2.83. The number of alkyl halides is 3. The lowest BCUT2D eigenvalue weighted by atomic mass is 10.1. The highest BCUT2D eigenvalue weighted by Gasteiger charge is 2.34. The average molecular weight is 265 g/mol. The molecule has 0 aliphatic heterocycles. The Kier molecular flexibility index (Phi) is 3.30. The molecule has 19 heavy (non-hydrogen) atoms. The predicted octanol–water partition coefficient (Wildman–Crippen LogP) is 3.46. The summed E-state index contributed by atoms with van der Waals surface area (Å²) in [5.74, 6) is 0.249. The smallest absolute Gasteiger partial charge is 0.331 e. The van der Waals surface area contributed by atoms with Crippen molar-refractivity contribution in [2.24, 2.45) is 0 Å². The number of nitriles is 1. The van der Waals surface area contributed by atoms with Crippen LogP contribution in [0, 0.1) is 11.3 Å². The monoisotopic (exact) mass is 265 g/mol. The molecule has 2 rings (SSSR count). The number of benzene rings is 1. The standard InChI is InChI=1S/C13H10F3N3/c1-2-19-8-11(13(14,15)16)18-12(19)10-5-3-9(7-17)4-6-10/h3-6,8H,2H2,1H3. The first-order chi connectivity index (χ1) is 8.95. The summed E-state index contributed by atoms with van der Waals surface area (Å²) in [5.41, 5.74) is 0.0967. The second kappa shape index (κ2) is 4.76. The molecular formula is C13H10F3N3. The maximum absolute atomic E-state index is 12.6. The third-order valence-electron chi connectivity index (χ3n) is 2.68. The van der Waals surface area contributed by atoms with Gasteiger partial charge in [0.25, 0.3) is 0 Å². The van der Waals surface area contributed by atoms with Gasteiger partial charge in [-0.3, -0.25) is 0 Å². The number of halogens is 3. The van der Waals surface area contributed by atoms with Gasteiger partial charge in [-0.25, -0.2) is 4.98 Å². The maximum atomic E-state index is 12.6. The normalized spacial score (nSPS) is 11.3. The molecule has 0 spiro atoms. The molecule has 0 bridgehead atoms. The van der Waals surface area contributed by atoms with E-state index in [4.69, 9.17) is 5.26 Å². The molecule has 0 saturated carbocycles. The predicted molar refractivity (Wildman–Crippen MR) is 63.1 cm³/mol. The molecule has 1 heterocycles. The molecule has 0 saturated heterocycles. The van der Waals surface area contributed by atoms with Crippen LogP contribution in [0.1, 0.15) is 18.2 Å². The van der Waals surface area contributed by atoms with Gasteiger partial charge in [0.1, 0.15) is 5.82 Å². The third kappa shape index (κ3) is 2.60. The highest BCUT2D eigenvalue weighted by atomic mass is 19.4. The SMILES string of the molecule is CCn1cc(C(F)(F)F)nc1-c1ccc(C#N)cc1. The molecule has 0 unspecified atom stereocenters. The summed E-state index contributed by atoms with van der Waals surface area (Å²) >= 11 is 0. The number of rotatable bonds is 2. The van der Waals surface area contributed by atoms with Crippen LogP contribution < -0.4 is 0 Å². The van der Waals surface area contributed by atoms with Gasteiger partial charge < -0.3 is 4.57 Å². The van der Waals surface area contributed by atoms with Crippen LogP contribution in [0.5, 0.6) is 0 Å². The molecule has 3 nitrogen and oxygen atoms in total. The van der Waals surface area contributed by atoms with E-state index < -0.39 is 11.9 Å². The molecule has 0 fully saturated rings. The fourth-order valence-corrected chi connectivity index (χ4v) is 1.72. The first kappa shape index (κ1) is 13.1. The van der Waals surface area contributed by atoms with Gasteiger partial charge in [-0.15, -0.1) is 0 Å². The van der Waals surface area contributed by atoms with E-state index in [1.807, 2.05) is 6.07 Å². The zero-order chi connectivity index (χ0) is 14.0. The van der Waals surface area contributed by atoms with Gasteiger partial charge in [-0.1, -0.05) is 0 Å². The molecular weight excluding hydrogens is 255 g/mol. The summed E-state index contributed by atoms with van der Waals surface area (Å²) in [6.07, 6.45) is -3.46. The Morgan fingerprint density at radius 2 is 1.89 bits per heavy atom. The van der Waals surface area contributed by atoms with E-state index in [0.29, 0.717) is 17.7 Å². The van der Waals surface area contributed by atoms with Gasteiger partial charge in [0, 0.05) is 18.3 Å². The summed E-state index contributed by atoms with van der Waals surface area (Å²) in [4.78, 5) is 3.63. The van der Waals surface area contributed by atoms with Crippen LogP contribution in [0.25, 0.3) is 11.4 Å². The first-order valence-electron chi connectivity index (χ1n) is 5.60. The van der Waals surface area contributed by atoms with Crippen molar-refractivity contribution in [1.29, 1.82) is 5.26 Å². The van der Waals surface area contributed by atoms with Crippen molar-refractivity contribution in [3.8, 4) is 17.5 Å². The largest absolute Gasteiger partial charge is 0.434 e. The van der Waals surface area contributed by atoms with Crippen molar-refractivity contribution >= 4 is 0 Å². The fraction of sp³-hybridized carbons (Fsp3) is 0.231. The Labute approximate surface area is 107 Å². The minimum Gasteiger partial charge on any atom is -0.331 e. The molecule has 1 aromatic carbocycles. The lowest BCUT2D eigenvalue weighted by Gasteiger charge is -2.03. The molecule has 1 aromatic heterocycles. The second-order valence-electron chi connectivity index (χ2n) is 3.92. The first-order valence-corrected chi connectivity index (χ1v) is 5.60. The lowest BCUT2D eigenvalue weighted by molar-refractivity contribution is -0.140. The van der Waals surface area contributed by atoms with Crippen molar-refractivity contribution in [2.75, 3.05) is 0 Å². The number of aryl methyl sites for hydroxylation is 1. The zero-order valence-corrected chi connectivity index (χ0v) is 10.1. The van der Waals surface area contributed by atoms with E-state index in [1.165, 1.54) is 4.57 Å². The molecule has 0 amide bonds. The topological polar surface area (TPSA) is 41.6 Å². The van der Waals surface area contributed by atoms with Crippen molar-refractivity contribution in [2.45, 2.75) is 19.6 Å². The molecule has 98 valence electrons. The van der Waals surface area contributed by atoms with Crippen molar-refractivity contribution in [3.63, 3.8) is 0 Å². The van der Waals surface area contributed by atoms with E-state index in [0.717, 1.165) is 6.20 Å². The van der Waals surface area contributed by atoms with Crippen LogP contribution in [-0.4, -0.2) is 9.55 Å². The van der Waals surface area contributed by atoms with Gasteiger partial charge in [0.05, 0.1) is 11.6 Å². The van der Waals surface area contributed by atoms with Crippen LogP contribution in [0.4, 0.5) is 13.2 Å². The van der Waals surface area contributed by atoms with E-state index in [-0.39, 0.29) is 5.82 Å². The number of aromatic nitrogens is 2. The quantitative estimate of drug-likeness (QED) is 0.834. The second-order valence-corrected chi connectivity index (χ2v) is 3.92. The van der Waals surface area contributed by atoms with Gasteiger partial charge in [0.2, 0.25) is 0 Å². The highest BCUT2D eigenvalue weighted by molar-refractivity contribution is 5.57. The fourth-order valence-electron chi connectivity index (χ4n) is 1.72. The molecule has 0 aliphatic carbocycles. The van der Waals surface area contributed by atoms with Crippen molar-refractivity contribution < 1.29 is 13.2 Å². The Bertz CT molecular complexity index is 618. The number of hydrogen-bond donors (Lipinski definition) is 0. The van der Waals surface area contributed by atoms with Crippen molar-refractivity contribution in [3.05, 3.63) is 41.7 Å². The van der Waals surface area contributed by atoms with Gasteiger partial charge >= 0.3 is 6.18 Å². The lowest BCUT2D eigenvalue weighted by Crippen LogP contribution is -2.05. The van der Waals surface area contributed by atoms with Crippen LogP contribution in [0.2, 0.25) is 0 Å². The Hall–Kier alpha value is -2.29. The van der Waals surface area contributed by atoms with Crippen LogP contribution in [-0.2, 0) is 12.7 Å². The van der Waals surface area contributed by atoms with E-state index in [9.17, 15) is 13.2 Å². The minimum atomic E-state index is -4.46. The molecule has 0 atom stereocenters. The summed E-state index contributed by atoms with van der Waals surface area (Å²) < 4.78 is 39.3. The maximum Gasteiger partial charge on any atom is 0.434 e. The van der Waals surface area contributed by atoms with Crippen LogP contribution >= 0.6 is 0 Å². The summed E-state index contributed by atoms with van der Waals surface area (Å²) in [5, 5.41) is 8.69. The zero-order valence-electron chi connectivity index (χ0n) is 10.1. The molecule has 2 aromatic rings. The number of hydrogen-bond acceptors (Lipinski definition) is 2. The van der Waals surface area contributed by atoms with Crippen LogP contribution in [0.15, 0.2) is 30.5 Å². The molecule has 6 heteroatoms. The van der Waals surface area contributed by atoms with Gasteiger partial charge in [-0.05, 0) is 31.2 Å². The Morgan fingerprint density at radius 3 is 2.37 bits per heavy atom. The minimum absolute atomic E-state index is 0.249. The summed E-state index contributed by atoms with van der Waals surface area (Å²) in [6, 6.07) is 8.24. The third-order valence-corrected chi connectivity index (χ3v) is 2.68. The summed E-state index contributed by atoms with van der Waals surface area (Å²) in [6.45, 7) is 2.13. The van der Waals surface area contributed by atoms with Crippen LogP contribution in [0.3, 0.4) is 0 Å². The van der Waals surface area contributed by atoms with E-state index in [2.05, 4.69) is 4.98 Å². The van der Waals surface area contributed by atoms with E-state index in [1.54, 1.807) is 31.2 Å². The highest BCUT2D eigenvalue weighted by Crippen LogP contribution is 2.31.